The Morgan fingerprint density at radius 2 is 1.90 bits per heavy atom. The van der Waals surface area contributed by atoms with Crippen LogP contribution in [-0.2, 0) is 4.74 Å². The molecule has 0 radical (unpaired) electrons. The van der Waals surface area contributed by atoms with Crippen LogP contribution in [0.1, 0.15) is 51.7 Å². The average Bonchev–Trinajstić information content (AvgIpc) is 3.44. The second kappa shape index (κ2) is 7.50. The van der Waals surface area contributed by atoms with E-state index in [1.165, 1.54) is 7.11 Å². The third kappa shape index (κ3) is 3.22. The summed E-state index contributed by atoms with van der Waals surface area (Å²) in [5, 5.41) is 6.84. The van der Waals surface area contributed by atoms with Crippen LogP contribution in [0.5, 0.6) is 11.5 Å². The van der Waals surface area contributed by atoms with Gasteiger partial charge >= 0.3 is 5.97 Å². The molecule has 2 atom stereocenters. The summed E-state index contributed by atoms with van der Waals surface area (Å²) in [6.07, 6.45) is 0.210. The lowest BCUT2D eigenvalue weighted by molar-refractivity contribution is -0.0209. The van der Waals surface area contributed by atoms with E-state index < -0.39 is 6.23 Å². The Kier molecular flexibility index (Phi) is 4.66. The van der Waals surface area contributed by atoms with Crippen molar-refractivity contribution < 1.29 is 23.4 Å². The molecule has 7 nitrogen and oxygen atoms in total. The number of para-hydroxylation sites is 1. The quantitative estimate of drug-likeness (QED) is 0.576. The molecule has 3 aromatic rings. The van der Waals surface area contributed by atoms with Gasteiger partial charge < -0.3 is 18.6 Å². The number of benzene rings is 2. The lowest BCUT2D eigenvalue weighted by Gasteiger charge is -2.38. The summed E-state index contributed by atoms with van der Waals surface area (Å²) in [6, 6.07) is 16.9. The average molecular weight is 418 g/mol. The Labute approximate surface area is 179 Å². The first-order chi connectivity index (χ1) is 15.1. The van der Waals surface area contributed by atoms with E-state index in [2.05, 4.69) is 0 Å². The van der Waals surface area contributed by atoms with E-state index in [-0.39, 0.29) is 12.0 Å². The van der Waals surface area contributed by atoms with Gasteiger partial charge in [-0.2, -0.15) is 5.10 Å². The molecular formula is C24H22N2O5. The van der Waals surface area contributed by atoms with Crippen molar-refractivity contribution in [2.45, 2.75) is 25.6 Å². The Bertz CT molecular complexity index is 1160. The second-order valence-corrected chi connectivity index (χ2v) is 7.52. The third-order valence-corrected chi connectivity index (χ3v) is 5.64. The van der Waals surface area contributed by atoms with Gasteiger partial charge in [0, 0.05) is 17.5 Å². The predicted octanol–water partition coefficient (Wildman–Crippen LogP) is 4.63. The zero-order valence-electron chi connectivity index (χ0n) is 17.5. The lowest BCUT2D eigenvalue weighted by Crippen LogP contribution is -2.33. The lowest BCUT2D eigenvalue weighted by atomic mass is 9.97. The van der Waals surface area contributed by atoms with Crippen LogP contribution < -0.4 is 9.47 Å². The molecule has 0 spiro atoms. The first kappa shape index (κ1) is 19.2. The normalized spacial score (nSPS) is 19.2. The zero-order chi connectivity index (χ0) is 21.5. The van der Waals surface area contributed by atoms with E-state index in [0.29, 0.717) is 23.5 Å². The summed E-state index contributed by atoms with van der Waals surface area (Å²) in [7, 11) is 3.00. The van der Waals surface area contributed by atoms with Crippen LogP contribution in [0.25, 0.3) is 0 Å². The molecule has 5 rings (SSSR count). The molecule has 0 amide bonds. The zero-order valence-corrected chi connectivity index (χ0v) is 17.5. The highest BCUT2D eigenvalue weighted by molar-refractivity contribution is 5.99. The molecule has 0 aliphatic carbocycles. The molecule has 2 aliphatic rings. The van der Waals surface area contributed by atoms with Gasteiger partial charge in [0.25, 0.3) is 0 Å². The molecule has 2 aromatic carbocycles. The number of esters is 1. The van der Waals surface area contributed by atoms with Crippen LogP contribution in [0.3, 0.4) is 0 Å². The van der Waals surface area contributed by atoms with Gasteiger partial charge in [0.1, 0.15) is 17.2 Å². The molecule has 0 saturated carbocycles. The number of methoxy groups -OCH3 is 2. The van der Waals surface area contributed by atoms with E-state index in [4.69, 9.17) is 23.7 Å². The van der Waals surface area contributed by atoms with Crippen molar-refractivity contribution in [3.8, 4) is 11.5 Å². The molecule has 0 saturated heterocycles. The smallest absolute Gasteiger partial charge is 0.337 e. The van der Waals surface area contributed by atoms with Crippen molar-refractivity contribution in [3.63, 3.8) is 0 Å². The van der Waals surface area contributed by atoms with Crippen molar-refractivity contribution in [1.82, 2.24) is 5.01 Å². The number of carbonyl (C=O) groups excluding carboxylic acids is 1. The first-order valence-electron chi connectivity index (χ1n) is 10.0. The standard InChI is InChI=1S/C24H22N2O5/c1-14-7-12-20(30-14)18-13-19-17-5-4-6-21(28-2)22(17)31-23(26(19)25-18)15-8-10-16(11-9-15)24(27)29-3/h4-12,19,23H,13H2,1-3H3. The Morgan fingerprint density at radius 3 is 2.58 bits per heavy atom. The number of nitrogens with zero attached hydrogens (tertiary/aromatic N) is 2. The summed E-state index contributed by atoms with van der Waals surface area (Å²) < 4.78 is 22.6. The minimum absolute atomic E-state index is 0.0236. The van der Waals surface area contributed by atoms with Gasteiger partial charge in [-0.05, 0) is 37.3 Å². The van der Waals surface area contributed by atoms with Gasteiger partial charge in [-0.15, -0.1) is 0 Å². The third-order valence-electron chi connectivity index (χ3n) is 5.64. The van der Waals surface area contributed by atoms with Gasteiger partial charge in [-0.1, -0.05) is 24.3 Å². The molecule has 2 unspecified atom stereocenters. The van der Waals surface area contributed by atoms with Crippen molar-refractivity contribution in [3.05, 3.63) is 82.8 Å². The molecule has 2 aliphatic heterocycles. The van der Waals surface area contributed by atoms with Gasteiger partial charge in [0.15, 0.2) is 11.5 Å². The summed E-state index contributed by atoms with van der Waals surface area (Å²) in [4.78, 5) is 11.8. The van der Waals surface area contributed by atoms with Gasteiger partial charge in [0.2, 0.25) is 6.23 Å². The molecule has 0 fully saturated rings. The number of carbonyl (C=O) groups is 1. The monoisotopic (exact) mass is 418 g/mol. The molecule has 0 bridgehead atoms. The van der Waals surface area contributed by atoms with Crippen LogP contribution >= 0.6 is 0 Å². The van der Waals surface area contributed by atoms with Crippen LogP contribution in [0.15, 0.2) is 64.1 Å². The summed E-state index contributed by atoms with van der Waals surface area (Å²) >= 11 is 0. The first-order valence-corrected chi connectivity index (χ1v) is 10.0. The van der Waals surface area contributed by atoms with E-state index in [9.17, 15) is 4.79 Å². The topological polar surface area (TPSA) is 73.5 Å². The maximum absolute atomic E-state index is 11.8. The number of aryl methyl sites for hydroxylation is 1. The highest BCUT2D eigenvalue weighted by atomic mass is 16.5. The van der Waals surface area contributed by atoms with Crippen molar-refractivity contribution in [1.29, 1.82) is 0 Å². The predicted molar refractivity (Wildman–Crippen MR) is 113 cm³/mol. The van der Waals surface area contributed by atoms with Gasteiger partial charge in [-0.25, -0.2) is 9.80 Å². The Balaban J connectivity index is 1.58. The summed E-state index contributed by atoms with van der Waals surface area (Å²) in [5.74, 6) is 2.61. The number of hydrogen-bond acceptors (Lipinski definition) is 7. The molecule has 3 heterocycles. The molecule has 158 valence electrons. The highest BCUT2D eigenvalue weighted by Crippen LogP contribution is 2.50. The second-order valence-electron chi connectivity index (χ2n) is 7.52. The summed E-state index contributed by atoms with van der Waals surface area (Å²) in [6.45, 7) is 1.92. The van der Waals surface area contributed by atoms with Crippen molar-refractivity contribution >= 4 is 11.7 Å². The van der Waals surface area contributed by atoms with Crippen molar-refractivity contribution in [2.24, 2.45) is 5.10 Å². The summed E-state index contributed by atoms with van der Waals surface area (Å²) in [5.41, 5.74) is 3.24. The number of furan rings is 1. The minimum Gasteiger partial charge on any atom is -0.493 e. The van der Waals surface area contributed by atoms with E-state index in [1.54, 1.807) is 19.2 Å². The highest BCUT2D eigenvalue weighted by Gasteiger charge is 2.42. The van der Waals surface area contributed by atoms with E-state index in [0.717, 1.165) is 28.4 Å². The molecular weight excluding hydrogens is 396 g/mol. The van der Waals surface area contributed by atoms with Crippen LogP contribution in [0.2, 0.25) is 0 Å². The van der Waals surface area contributed by atoms with Crippen LogP contribution in [-0.4, -0.2) is 30.9 Å². The fourth-order valence-corrected chi connectivity index (χ4v) is 4.10. The number of ether oxygens (including phenoxy) is 3. The van der Waals surface area contributed by atoms with E-state index >= 15 is 0 Å². The molecule has 1 aromatic heterocycles. The minimum atomic E-state index is -0.478. The number of rotatable bonds is 4. The van der Waals surface area contributed by atoms with Gasteiger partial charge in [0.05, 0.1) is 25.8 Å². The van der Waals surface area contributed by atoms with E-state index in [1.807, 2.05) is 54.4 Å². The fraction of sp³-hybridized carbons (Fsp3) is 0.250. The maximum Gasteiger partial charge on any atom is 0.337 e. The number of hydrazone groups is 1. The molecule has 7 heteroatoms. The molecule has 0 N–H and O–H groups in total. The van der Waals surface area contributed by atoms with Crippen molar-refractivity contribution in [2.75, 3.05) is 14.2 Å². The Morgan fingerprint density at radius 1 is 1.10 bits per heavy atom. The SMILES string of the molecule is COC(=O)c1ccc(C2Oc3c(OC)cccc3C3CC(c4ccc(C)o4)=NN32)cc1. The largest absolute Gasteiger partial charge is 0.493 e. The number of fused-ring (bicyclic) bond motifs is 3. The number of hydrogen-bond donors (Lipinski definition) is 0. The van der Waals surface area contributed by atoms with Crippen LogP contribution in [0, 0.1) is 6.92 Å². The maximum atomic E-state index is 11.8. The van der Waals surface area contributed by atoms with Gasteiger partial charge in [-0.3, -0.25) is 0 Å². The van der Waals surface area contributed by atoms with Crippen LogP contribution in [0.4, 0.5) is 0 Å². The Hall–Kier alpha value is -3.74. The fourth-order valence-electron chi connectivity index (χ4n) is 4.10. The molecule has 31 heavy (non-hydrogen) atoms.